The topological polar surface area (TPSA) is 60.7 Å². The number of rotatable bonds is 6. The van der Waals surface area contributed by atoms with E-state index in [9.17, 15) is 15.3 Å². The molecule has 3 fully saturated rings. The Morgan fingerprint density at radius 2 is 1.90 bits per heavy atom. The first-order valence-electron chi connectivity index (χ1n) is 12.2. The summed E-state index contributed by atoms with van der Waals surface area (Å²) in [5.41, 5.74) is 3.12. The monoisotopic (exact) mass is 416 g/mol. The van der Waals surface area contributed by atoms with E-state index in [-0.39, 0.29) is 0 Å². The molecule has 30 heavy (non-hydrogen) atoms. The van der Waals surface area contributed by atoms with E-state index in [1.807, 2.05) is 13.8 Å². The van der Waals surface area contributed by atoms with Gasteiger partial charge in [-0.15, -0.1) is 0 Å². The van der Waals surface area contributed by atoms with Crippen LogP contribution in [0.25, 0.3) is 0 Å². The van der Waals surface area contributed by atoms with Crippen molar-refractivity contribution in [3.8, 4) is 0 Å². The molecular formula is C27H44O3. The van der Waals surface area contributed by atoms with E-state index in [0.717, 1.165) is 42.7 Å². The normalized spacial score (nSPS) is 38.8. The molecule has 0 heterocycles. The van der Waals surface area contributed by atoms with Gasteiger partial charge >= 0.3 is 0 Å². The average Bonchev–Trinajstić information content (AvgIpc) is 3.01. The van der Waals surface area contributed by atoms with Gasteiger partial charge in [0.1, 0.15) is 6.10 Å². The zero-order valence-corrected chi connectivity index (χ0v) is 19.7. The Kier molecular flexibility index (Phi) is 7.37. The third kappa shape index (κ3) is 5.11. The molecule has 3 saturated carbocycles. The first kappa shape index (κ1) is 23.8. The fourth-order valence-electron chi connectivity index (χ4n) is 6.73. The molecule has 0 amide bonds. The molecule has 0 aromatic rings. The number of aliphatic hydroxyl groups excluding tert-OH is 2. The number of aliphatic hydroxyl groups is 3. The van der Waals surface area contributed by atoms with Gasteiger partial charge in [0.2, 0.25) is 0 Å². The highest BCUT2D eigenvalue weighted by Gasteiger charge is 2.50. The minimum absolute atomic E-state index is 0.360. The Morgan fingerprint density at radius 3 is 2.60 bits per heavy atom. The zero-order chi connectivity index (χ0) is 22.1. The highest BCUT2D eigenvalue weighted by atomic mass is 16.3. The molecule has 3 heteroatoms. The second-order valence-electron chi connectivity index (χ2n) is 11.3. The van der Waals surface area contributed by atoms with Crippen molar-refractivity contribution < 1.29 is 15.3 Å². The van der Waals surface area contributed by atoms with Gasteiger partial charge in [0, 0.05) is 0 Å². The van der Waals surface area contributed by atoms with Gasteiger partial charge in [-0.2, -0.15) is 0 Å². The summed E-state index contributed by atoms with van der Waals surface area (Å²) in [6, 6.07) is 0. The fraction of sp³-hybridized carbons (Fsp3) is 0.778. The van der Waals surface area contributed by atoms with E-state index >= 15 is 0 Å². The zero-order valence-electron chi connectivity index (χ0n) is 19.7. The Hall–Kier alpha value is -0.900. The molecule has 170 valence electrons. The molecule has 0 spiro atoms. The van der Waals surface area contributed by atoms with Crippen molar-refractivity contribution in [3.63, 3.8) is 0 Å². The summed E-state index contributed by atoms with van der Waals surface area (Å²) in [4.78, 5) is 0. The molecule has 6 unspecified atom stereocenters. The molecule has 0 saturated heterocycles. The summed E-state index contributed by atoms with van der Waals surface area (Å²) in [6.07, 6.45) is 13.6. The maximum Gasteiger partial charge on any atom is 0.105 e. The van der Waals surface area contributed by atoms with Crippen molar-refractivity contribution in [2.45, 2.75) is 110 Å². The van der Waals surface area contributed by atoms with Crippen LogP contribution < -0.4 is 0 Å². The van der Waals surface area contributed by atoms with Crippen molar-refractivity contribution >= 4 is 0 Å². The summed E-state index contributed by atoms with van der Waals surface area (Å²) in [7, 11) is 0. The highest BCUT2D eigenvalue weighted by molar-refractivity contribution is 5.39. The van der Waals surface area contributed by atoms with Crippen molar-refractivity contribution in [2.24, 2.45) is 23.2 Å². The standard InChI is InChI=1S/C27H44O3/c1-18-10-15-24(28)25(29)21(18)12-11-20-9-7-17-27(5)22(13-14-23(20)27)19(2)8-6-16-26(3,4)30/h11-12,19,22-25,28-30H,1,6-10,13-17H2,2-5H3/b20-11+,21-12+. The van der Waals surface area contributed by atoms with Gasteiger partial charge in [0.05, 0.1) is 11.7 Å². The lowest BCUT2D eigenvalue weighted by Crippen LogP contribution is -2.36. The van der Waals surface area contributed by atoms with E-state index in [2.05, 4.69) is 32.6 Å². The van der Waals surface area contributed by atoms with E-state index in [4.69, 9.17) is 0 Å². The SMILES string of the molecule is C=C1CCC(O)C(O)/C1=C/C=C1\CCCC2(C)C1CCC2C(C)CCCC(C)(C)O. The lowest BCUT2D eigenvalue weighted by atomic mass is 9.60. The van der Waals surface area contributed by atoms with Crippen LogP contribution in [0.15, 0.2) is 35.5 Å². The molecule has 3 aliphatic carbocycles. The fourth-order valence-corrected chi connectivity index (χ4v) is 6.73. The predicted octanol–water partition coefficient (Wildman–Crippen LogP) is 5.70. The molecule has 0 aromatic carbocycles. The molecule has 3 nitrogen and oxygen atoms in total. The van der Waals surface area contributed by atoms with E-state index in [0.29, 0.717) is 23.7 Å². The molecule has 0 aromatic heterocycles. The molecule has 6 atom stereocenters. The highest BCUT2D eigenvalue weighted by Crippen LogP contribution is 2.60. The Morgan fingerprint density at radius 1 is 1.17 bits per heavy atom. The van der Waals surface area contributed by atoms with Crippen LogP contribution in [0.2, 0.25) is 0 Å². The van der Waals surface area contributed by atoms with Crippen LogP contribution in [0.1, 0.15) is 91.9 Å². The largest absolute Gasteiger partial charge is 0.390 e. The van der Waals surface area contributed by atoms with Gasteiger partial charge in [0.15, 0.2) is 0 Å². The van der Waals surface area contributed by atoms with Gasteiger partial charge in [-0.1, -0.05) is 51.0 Å². The van der Waals surface area contributed by atoms with E-state index < -0.39 is 17.8 Å². The van der Waals surface area contributed by atoms with Gasteiger partial charge < -0.3 is 15.3 Å². The third-order valence-corrected chi connectivity index (χ3v) is 8.48. The van der Waals surface area contributed by atoms with Crippen molar-refractivity contribution in [3.05, 3.63) is 35.5 Å². The minimum atomic E-state index is -0.801. The van der Waals surface area contributed by atoms with Crippen LogP contribution >= 0.6 is 0 Å². The van der Waals surface area contributed by atoms with E-state index in [1.54, 1.807) is 0 Å². The van der Waals surface area contributed by atoms with Gasteiger partial charge in [0.25, 0.3) is 0 Å². The minimum Gasteiger partial charge on any atom is -0.390 e. The van der Waals surface area contributed by atoms with Crippen molar-refractivity contribution in [1.29, 1.82) is 0 Å². The number of hydrogen-bond acceptors (Lipinski definition) is 3. The Labute approximate surface area is 184 Å². The number of hydrogen-bond donors (Lipinski definition) is 3. The quantitative estimate of drug-likeness (QED) is 0.520. The van der Waals surface area contributed by atoms with Gasteiger partial charge in [-0.25, -0.2) is 0 Å². The number of fused-ring (bicyclic) bond motifs is 1. The molecule has 0 aliphatic heterocycles. The van der Waals surface area contributed by atoms with Crippen LogP contribution in [0.3, 0.4) is 0 Å². The molecule has 0 bridgehead atoms. The molecule has 3 N–H and O–H groups in total. The first-order chi connectivity index (χ1) is 14.0. The Bertz CT molecular complexity index is 683. The average molecular weight is 417 g/mol. The smallest absolute Gasteiger partial charge is 0.105 e. The van der Waals surface area contributed by atoms with Crippen LogP contribution in [0.4, 0.5) is 0 Å². The summed E-state index contributed by atoms with van der Waals surface area (Å²) in [5, 5.41) is 30.5. The first-order valence-corrected chi connectivity index (χ1v) is 12.2. The summed E-state index contributed by atoms with van der Waals surface area (Å²) in [5.74, 6) is 2.07. The second-order valence-corrected chi connectivity index (χ2v) is 11.3. The predicted molar refractivity (Wildman–Crippen MR) is 124 cm³/mol. The van der Waals surface area contributed by atoms with Crippen LogP contribution in [0.5, 0.6) is 0 Å². The van der Waals surface area contributed by atoms with Crippen molar-refractivity contribution in [2.75, 3.05) is 0 Å². The van der Waals surface area contributed by atoms with Crippen molar-refractivity contribution in [1.82, 2.24) is 0 Å². The van der Waals surface area contributed by atoms with Gasteiger partial charge in [-0.3, -0.25) is 0 Å². The van der Waals surface area contributed by atoms with Gasteiger partial charge in [-0.05, 0) is 99.5 Å². The van der Waals surface area contributed by atoms with E-state index in [1.165, 1.54) is 37.7 Å². The maximum atomic E-state index is 10.4. The molecule has 3 rings (SSSR count). The second kappa shape index (κ2) is 9.30. The summed E-state index contributed by atoms with van der Waals surface area (Å²) >= 11 is 0. The molecule has 0 radical (unpaired) electrons. The maximum absolute atomic E-state index is 10.4. The number of allylic oxidation sites excluding steroid dienone is 3. The van der Waals surface area contributed by atoms with Crippen LogP contribution in [-0.2, 0) is 0 Å². The van der Waals surface area contributed by atoms with Crippen LogP contribution in [0, 0.1) is 23.2 Å². The lowest BCUT2D eigenvalue weighted by Gasteiger charge is -2.44. The molecular weight excluding hydrogens is 372 g/mol. The summed E-state index contributed by atoms with van der Waals surface area (Å²) in [6.45, 7) is 12.9. The lowest BCUT2D eigenvalue weighted by molar-refractivity contribution is 0.0299. The molecule has 3 aliphatic rings. The van der Waals surface area contributed by atoms with Crippen LogP contribution in [-0.4, -0.2) is 33.1 Å². The summed E-state index contributed by atoms with van der Waals surface area (Å²) < 4.78 is 0. The third-order valence-electron chi connectivity index (χ3n) is 8.48. The Balaban J connectivity index is 1.72.